The van der Waals surface area contributed by atoms with E-state index in [1.807, 2.05) is 0 Å². The van der Waals surface area contributed by atoms with Crippen LogP contribution < -0.4 is 19.5 Å². The Morgan fingerprint density at radius 1 is 1.17 bits per heavy atom. The normalized spacial score (nSPS) is 19.3. The summed E-state index contributed by atoms with van der Waals surface area (Å²) in [6, 6.07) is 8.87. The topological polar surface area (TPSA) is 97.4 Å². The van der Waals surface area contributed by atoms with Gasteiger partial charge in [-0.15, -0.1) is 0 Å². The molecule has 1 N–H and O–H groups in total. The number of carbonyl (C=O) groups is 3. The summed E-state index contributed by atoms with van der Waals surface area (Å²) in [6.45, 7) is 4.39. The third kappa shape index (κ3) is 4.73. The number of benzene rings is 2. The maximum Gasteiger partial charge on any atom is 0.325 e. The number of urea groups is 1. The second kappa shape index (κ2) is 9.81. The van der Waals surface area contributed by atoms with Gasteiger partial charge < -0.3 is 24.4 Å². The zero-order valence-electron chi connectivity index (χ0n) is 19.9. The van der Waals surface area contributed by atoms with Crippen LogP contribution in [0, 0.1) is 5.82 Å². The van der Waals surface area contributed by atoms with E-state index in [4.69, 9.17) is 14.2 Å². The Kier molecular flexibility index (Phi) is 6.81. The first kappa shape index (κ1) is 24.3. The minimum Gasteiger partial charge on any atom is -0.494 e. The summed E-state index contributed by atoms with van der Waals surface area (Å²) in [5, 5.41) is 2.71. The summed E-state index contributed by atoms with van der Waals surface area (Å²) in [5.74, 6) is -0.328. The summed E-state index contributed by atoms with van der Waals surface area (Å²) < 4.78 is 30.3. The van der Waals surface area contributed by atoms with E-state index in [0.29, 0.717) is 42.4 Å². The van der Waals surface area contributed by atoms with E-state index in [2.05, 4.69) is 5.32 Å². The Bertz CT molecular complexity index is 1160. The molecule has 1 fully saturated rings. The minimum atomic E-state index is -1.36. The number of nitrogens with one attached hydrogen (secondary N) is 1. The molecule has 1 unspecified atom stereocenters. The fourth-order valence-corrected chi connectivity index (χ4v) is 4.15. The van der Waals surface area contributed by atoms with Crippen molar-refractivity contribution in [2.75, 3.05) is 33.4 Å². The van der Waals surface area contributed by atoms with Crippen molar-refractivity contribution >= 4 is 17.8 Å². The van der Waals surface area contributed by atoms with Crippen molar-refractivity contribution in [3.8, 4) is 17.2 Å². The van der Waals surface area contributed by atoms with Crippen LogP contribution in [0.4, 0.5) is 9.18 Å². The van der Waals surface area contributed by atoms with Gasteiger partial charge in [-0.3, -0.25) is 14.5 Å². The molecule has 186 valence electrons. The maximum atomic E-state index is 14.1. The fraction of sp³-hybridized carbons (Fsp3) is 0.400. The van der Waals surface area contributed by atoms with Gasteiger partial charge in [0, 0.05) is 19.5 Å². The van der Waals surface area contributed by atoms with Crippen LogP contribution in [0.2, 0.25) is 0 Å². The quantitative estimate of drug-likeness (QED) is 0.606. The van der Waals surface area contributed by atoms with Gasteiger partial charge in [-0.2, -0.15) is 0 Å². The first-order chi connectivity index (χ1) is 16.8. The van der Waals surface area contributed by atoms with Crippen LogP contribution in [0.3, 0.4) is 0 Å². The highest BCUT2D eigenvalue weighted by atomic mass is 19.1. The first-order valence-corrected chi connectivity index (χ1v) is 11.4. The largest absolute Gasteiger partial charge is 0.494 e. The van der Waals surface area contributed by atoms with Crippen molar-refractivity contribution in [2.45, 2.75) is 32.4 Å². The number of rotatable bonds is 7. The standard InChI is InChI=1S/C25H28FN3O6/c1-4-28(14-16-6-8-19(33-3)18(26)12-16)22(30)15-29-23(31)25(2,27-24(29)32)17-7-9-20-21(13-17)35-11-5-10-34-20/h6-9,12-13H,4-5,10-11,14-15H2,1-3H3,(H,27,32). The van der Waals surface area contributed by atoms with Crippen LogP contribution in [0.1, 0.15) is 31.4 Å². The van der Waals surface area contributed by atoms with Crippen molar-refractivity contribution in [3.05, 3.63) is 53.3 Å². The number of halogens is 1. The number of ether oxygens (including phenoxy) is 3. The number of amides is 4. The molecular weight excluding hydrogens is 457 g/mol. The molecule has 1 atom stereocenters. The number of imide groups is 1. The monoisotopic (exact) mass is 485 g/mol. The Morgan fingerprint density at radius 3 is 2.60 bits per heavy atom. The Balaban J connectivity index is 1.49. The predicted octanol–water partition coefficient (Wildman–Crippen LogP) is 2.81. The van der Waals surface area contributed by atoms with E-state index in [1.54, 1.807) is 38.1 Å². The molecule has 2 heterocycles. The van der Waals surface area contributed by atoms with E-state index >= 15 is 0 Å². The second-order valence-corrected chi connectivity index (χ2v) is 8.54. The zero-order valence-corrected chi connectivity index (χ0v) is 19.9. The van der Waals surface area contributed by atoms with E-state index in [9.17, 15) is 18.8 Å². The summed E-state index contributed by atoms with van der Waals surface area (Å²) in [4.78, 5) is 41.4. The Hall–Kier alpha value is -3.82. The Morgan fingerprint density at radius 2 is 1.91 bits per heavy atom. The van der Waals surface area contributed by atoms with E-state index in [-0.39, 0.29) is 12.3 Å². The van der Waals surface area contributed by atoms with Gasteiger partial charge in [0.25, 0.3) is 5.91 Å². The molecule has 0 aromatic heterocycles. The number of carbonyl (C=O) groups excluding carboxylic acids is 3. The average Bonchev–Trinajstić information content (AvgIpc) is 3.00. The maximum absolute atomic E-state index is 14.1. The van der Waals surface area contributed by atoms with Crippen LogP contribution in [-0.2, 0) is 21.7 Å². The van der Waals surface area contributed by atoms with E-state index in [1.165, 1.54) is 24.1 Å². The minimum absolute atomic E-state index is 0.108. The van der Waals surface area contributed by atoms with E-state index in [0.717, 1.165) is 11.3 Å². The average molecular weight is 486 g/mol. The molecule has 0 saturated carbocycles. The van der Waals surface area contributed by atoms with Crippen molar-refractivity contribution in [2.24, 2.45) is 0 Å². The molecule has 4 amide bonds. The molecule has 0 radical (unpaired) electrons. The van der Waals surface area contributed by atoms with Crippen molar-refractivity contribution in [1.82, 2.24) is 15.1 Å². The SMILES string of the molecule is CCN(Cc1ccc(OC)c(F)c1)C(=O)CN1C(=O)NC(C)(c2ccc3c(c2)OCCCO3)C1=O. The van der Waals surface area contributed by atoms with Crippen molar-refractivity contribution in [3.63, 3.8) is 0 Å². The third-order valence-corrected chi connectivity index (χ3v) is 6.22. The molecule has 2 aromatic carbocycles. The number of hydrogen-bond acceptors (Lipinski definition) is 6. The van der Waals surface area contributed by atoms with Gasteiger partial charge in [0.1, 0.15) is 12.1 Å². The zero-order chi connectivity index (χ0) is 25.2. The van der Waals surface area contributed by atoms with Gasteiger partial charge in [-0.05, 0) is 49.2 Å². The molecule has 9 nitrogen and oxygen atoms in total. The van der Waals surface area contributed by atoms with Crippen LogP contribution in [0.15, 0.2) is 36.4 Å². The van der Waals surface area contributed by atoms with Gasteiger partial charge in [-0.25, -0.2) is 9.18 Å². The molecule has 35 heavy (non-hydrogen) atoms. The number of likely N-dealkylation sites (N-methyl/N-ethyl adjacent to an activating group) is 1. The number of methoxy groups -OCH3 is 1. The summed E-state index contributed by atoms with van der Waals surface area (Å²) in [6.07, 6.45) is 0.740. The highest BCUT2D eigenvalue weighted by Gasteiger charge is 2.50. The molecule has 2 aromatic rings. The number of fused-ring (bicyclic) bond motifs is 1. The lowest BCUT2D eigenvalue weighted by Gasteiger charge is -2.25. The number of hydrogen-bond donors (Lipinski definition) is 1. The van der Waals surface area contributed by atoms with Gasteiger partial charge in [0.15, 0.2) is 23.1 Å². The highest BCUT2D eigenvalue weighted by Crippen LogP contribution is 2.36. The highest BCUT2D eigenvalue weighted by molar-refractivity contribution is 6.09. The lowest BCUT2D eigenvalue weighted by Crippen LogP contribution is -2.44. The molecule has 2 aliphatic rings. The Labute approximate surface area is 202 Å². The van der Waals surface area contributed by atoms with Crippen LogP contribution in [0.25, 0.3) is 0 Å². The molecule has 1 saturated heterocycles. The first-order valence-electron chi connectivity index (χ1n) is 11.4. The molecule has 10 heteroatoms. The van der Waals surface area contributed by atoms with Crippen molar-refractivity contribution < 1.29 is 33.0 Å². The third-order valence-electron chi connectivity index (χ3n) is 6.22. The molecule has 2 aliphatic heterocycles. The smallest absolute Gasteiger partial charge is 0.325 e. The second-order valence-electron chi connectivity index (χ2n) is 8.54. The van der Waals surface area contributed by atoms with Gasteiger partial charge in [-0.1, -0.05) is 12.1 Å². The predicted molar refractivity (Wildman–Crippen MR) is 124 cm³/mol. The molecule has 4 rings (SSSR count). The van der Waals surface area contributed by atoms with E-state index < -0.39 is 35.7 Å². The molecule has 0 spiro atoms. The van der Waals surface area contributed by atoms with Gasteiger partial charge in [0.05, 0.1) is 20.3 Å². The summed E-state index contributed by atoms with van der Waals surface area (Å²) in [7, 11) is 1.37. The molecular formula is C25H28FN3O6. The van der Waals surface area contributed by atoms with Crippen LogP contribution in [0.5, 0.6) is 17.2 Å². The lowest BCUT2D eigenvalue weighted by molar-refractivity contribution is -0.139. The summed E-state index contributed by atoms with van der Waals surface area (Å²) >= 11 is 0. The van der Waals surface area contributed by atoms with Crippen LogP contribution >= 0.6 is 0 Å². The molecule has 0 aliphatic carbocycles. The fourth-order valence-electron chi connectivity index (χ4n) is 4.15. The van der Waals surface area contributed by atoms with Crippen molar-refractivity contribution in [1.29, 1.82) is 0 Å². The summed E-state index contributed by atoms with van der Waals surface area (Å²) in [5.41, 5.74) is -0.276. The van der Waals surface area contributed by atoms with Gasteiger partial charge in [0.2, 0.25) is 5.91 Å². The molecule has 0 bridgehead atoms. The lowest BCUT2D eigenvalue weighted by atomic mass is 9.91. The van der Waals surface area contributed by atoms with Gasteiger partial charge >= 0.3 is 6.03 Å². The van der Waals surface area contributed by atoms with Crippen LogP contribution in [-0.4, -0.2) is 61.1 Å². The number of nitrogens with zero attached hydrogens (tertiary/aromatic N) is 2.